The van der Waals surface area contributed by atoms with Crippen molar-refractivity contribution in [1.82, 2.24) is 5.32 Å². The SMILES string of the molecule is CCCCCCC/C=C\C/C=C\CCCCCCCCCCCCCCCC(=O)NC(COC1OC(CO)C(OC2OC(CO)C(OC3OC(CO)C(O)C(O)C3O)C(O)C2O)C(O)C1O)C(O)/C=C/CC/C=C/CCCCCCCCCCCCCCCCCCCCCCCCC. The molecule has 0 aromatic carbocycles. The lowest BCUT2D eigenvalue weighted by Gasteiger charge is -2.48. The molecule has 3 saturated heterocycles. The van der Waals surface area contributed by atoms with Crippen LogP contribution in [-0.2, 0) is 33.2 Å². The number of aliphatic hydroxyl groups excluding tert-OH is 11. The summed E-state index contributed by atoms with van der Waals surface area (Å²) in [6.45, 7) is 1.75. The summed E-state index contributed by atoms with van der Waals surface area (Å²) in [5, 5.41) is 121. The van der Waals surface area contributed by atoms with Gasteiger partial charge in [0.15, 0.2) is 18.9 Å². The zero-order chi connectivity index (χ0) is 71.8. The number of rotatable bonds is 64. The van der Waals surface area contributed by atoms with Crippen molar-refractivity contribution in [1.29, 1.82) is 0 Å². The first kappa shape index (κ1) is 91.0. The normalized spacial score (nSPS) is 26.8. The van der Waals surface area contributed by atoms with Gasteiger partial charge in [-0.25, -0.2) is 0 Å². The van der Waals surface area contributed by atoms with Gasteiger partial charge < -0.3 is 89.9 Å². The molecule has 3 rings (SSSR count). The Morgan fingerprint density at radius 1 is 0.364 bits per heavy atom. The van der Waals surface area contributed by atoms with E-state index in [0.29, 0.717) is 12.8 Å². The number of ether oxygens (including phenoxy) is 6. The van der Waals surface area contributed by atoms with Gasteiger partial charge in [-0.1, -0.05) is 300 Å². The van der Waals surface area contributed by atoms with Crippen LogP contribution in [0.25, 0.3) is 0 Å². The summed E-state index contributed by atoms with van der Waals surface area (Å²) in [7, 11) is 0. The van der Waals surface area contributed by atoms with Gasteiger partial charge in [0.25, 0.3) is 0 Å². The topological polar surface area (TPSA) is 307 Å². The van der Waals surface area contributed by atoms with Crippen LogP contribution in [0.15, 0.2) is 48.6 Å². The number of aliphatic hydroxyl groups is 11. The summed E-state index contributed by atoms with van der Waals surface area (Å²) in [6.07, 6.45) is 49.6. The predicted molar refractivity (Wildman–Crippen MR) is 392 cm³/mol. The molecule has 0 spiro atoms. The van der Waals surface area contributed by atoms with E-state index in [1.165, 1.54) is 244 Å². The molecule has 99 heavy (non-hydrogen) atoms. The Labute approximate surface area is 599 Å². The standard InChI is InChI=1S/C80H147NO18/c1-3-5-7-9-11-13-15-17-19-21-23-25-27-29-30-31-32-34-35-37-39-41-43-45-47-49-51-53-55-57-64(85)63(81-68(86)58-56-54-52-50-48-46-44-42-40-38-36-33-28-26-24-22-20-18-16-14-12-10-8-6-4-2)62-94-78-74(92)71(89)76(66(60-83)96-78)99-80-75(93)72(90)77(67(61-84)97-80)98-79-73(91)70(88)69(87)65(59-82)95-79/h16,18,22,24,47,49,55,57,63-67,69-80,82-85,87-93H,3-15,17,19-21,23,25-46,48,50-54,56,58-62H2,1-2H3,(H,81,86)/b18-16-,24-22-,49-47+,57-55+. The molecule has 3 aliphatic rings. The molecule has 0 bridgehead atoms. The van der Waals surface area contributed by atoms with Crippen LogP contribution in [0.4, 0.5) is 0 Å². The van der Waals surface area contributed by atoms with Crippen molar-refractivity contribution in [3.8, 4) is 0 Å². The molecule has 0 saturated carbocycles. The highest BCUT2D eigenvalue weighted by Gasteiger charge is 2.54. The van der Waals surface area contributed by atoms with Crippen LogP contribution in [0.5, 0.6) is 0 Å². The summed E-state index contributed by atoms with van der Waals surface area (Å²) in [5.41, 5.74) is 0. The van der Waals surface area contributed by atoms with Crippen molar-refractivity contribution in [3.63, 3.8) is 0 Å². The molecule has 0 aliphatic carbocycles. The monoisotopic (exact) mass is 1410 g/mol. The molecule has 0 aromatic rings. The summed E-state index contributed by atoms with van der Waals surface area (Å²) in [6, 6.07) is -0.993. The fourth-order valence-electron chi connectivity index (χ4n) is 13.6. The number of unbranched alkanes of at least 4 members (excludes halogenated alkanes) is 42. The van der Waals surface area contributed by atoms with Crippen LogP contribution in [0.1, 0.15) is 322 Å². The number of allylic oxidation sites excluding steroid dienone is 7. The van der Waals surface area contributed by atoms with Gasteiger partial charge in [-0.3, -0.25) is 4.79 Å². The summed E-state index contributed by atoms with van der Waals surface area (Å²) < 4.78 is 34.4. The van der Waals surface area contributed by atoms with Crippen LogP contribution in [-0.4, -0.2) is 193 Å². The molecular weight excluding hydrogens is 1260 g/mol. The lowest BCUT2D eigenvalue weighted by atomic mass is 9.96. The molecule has 0 radical (unpaired) electrons. The second kappa shape index (κ2) is 61.0. The molecule has 19 heteroatoms. The van der Waals surface area contributed by atoms with E-state index in [0.717, 1.165) is 44.9 Å². The van der Waals surface area contributed by atoms with E-state index in [2.05, 4.69) is 55.6 Å². The number of nitrogens with one attached hydrogen (secondary N) is 1. The highest BCUT2D eigenvalue weighted by atomic mass is 16.8. The quantitative estimate of drug-likeness (QED) is 0.0199. The van der Waals surface area contributed by atoms with Gasteiger partial charge in [-0.2, -0.15) is 0 Å². The minimum Gasteiger partial charge on any atom is -0.394 e. The third-order valence-corrected chi connectivity index (χ3v) is 20.1. The average molecular weight is 1410 g/mol. The maximum absolute atomic E-state index is 13.5. The van der Waals surface area contributed by atoms with Crippen molar-refractivity contribution in [2.24, 2.45) is 0 Å². The summed E-state index contributed by atoms with van der Waals surface area (Å²) >= 11 is 0. The van der Waals surface area contributed by atoms with Gasteiger partial charge in [-0.05, 0) is 64.2 Å². The third-order valence-electron chi connectivity index (χ3n) is 20.1. The maximum atomic E-state index is 13.5. The molecule has 3 aliphatic heterocycles. The first-order valence-corrected chi connectivity index (χ1v) is 40.4. The van der Waals surface area contributed by atoms with E-state index in [1.807, 2.05) is 6.08 Å². The molecule has 17 unspecified atom stereocenters. The molecule has 17 atom stereocenters. The van der Waals surface area contributed by atoms with Gasteiger partial charge in [0, 0.05) is 6.42 Å². The number of amides is 1. The molecular formula is C80H147NO18. The van der Waals surface area contributed by atoms with Gasteiger partial charge in [0.2, 0.25) is 5.91 Å². The Balaban J connectivity index is 1.39. The van der Waals surface area contributed by atoms with Crippen LogP contribution in [0, 0.1) is 0 Å². The Morgan fingerprint density at radius 2 is 0.677 bits per heavy atom. The molecule has 3 fully saturated rings. The Morgan fingerprint density at radius 3 is 1.07 bits per heavy atom. The van der Waals surface area contributed by atoms with Crippen molar-refractivity contribution < 1.29 is 89.4 Å². The van der Waals surface area contributed by atoms with Crippen LogP contribution in [0.2, 0.25) is 0 Å². The van der Waals surface area contributed by atoms with E-state index >= 15 is 0 Å². The minimum atomic E-state index is -1.98. The van der Waals surface area contributed by atoms with E-state index in [-0.39, 0.29) is 18.9 Å². The molecule has 12 N–H and O–H groups in total. The van der Waals surface area contributed by atoms with E-state index < -0.39 is 124 Å². The van der Waals surface area contributed by atoms with Crippen molar-refractivity contribution in [2.45, 2.75) is 426 Å². The van der Waals surface area contributed by atoms with Gasteiger partial charge >= 0.3 is 0 Å². The fraction of sp³-hybridized carbons (Fsp3) is 0.887. The summed E-state index contributed by atoms with van der Waals surface area (Å²) in [5.74, 6) is -0.283. The van der Waals surface area contributed by atoms with Crippen molar-refractivity contribution >= 4 is 5.91 Å². The predicted octanol–water partition coefficient (Wildman–Crippen LogP) is 13.3. The Kier molecular flexibility index (Phi) is 56.0. The average Bonchev–Trinajstić information content (AvgIpc) is 0.755. The zero-order valence-corrected chi connectivity index (χ0v) is 62.0. The van der Waals surface area contributed by atoms with E-state index in [9.17, 15) is 61.0 Å². The second-order valence-electron chi connectivity index (χ2n) is 28.9. The molecule has 19 nitrogen and oxygen atoms in total. The lowest BCUT2D eigenvalue weighted by Crippen LogP contribution is -2.66. The first-order chi connectivity index (χ1) is 48.3. The number of hydrogen-bond acceptors (Lipinski definition) is 18. The minimum absolute atomic E-state index is 0.235. The van der Waals surface area contributed by atoms with Crippen molar-refractivity contribution in [2.75, 3.05) is 26.4 Å². The number of carbonyl (C=O) groups excluding carboxylic acids is 1. The second-order valence-corrected chi connectivity index (χ2v) is 28.9. The molecule has 3 heterocycles. The van der Waals surface area contributed by atoms with Crippen LogP contribution < -0.4 is 5.32 Å². The molecule has 0 aromatic heterocycles. The first-order valence-electron chi connectivity index (χ1n) is 40.4. The molecule has 1 amide bonds. The van der Waals surface area contributed by atoms with Crippen LogP contribution in [0.3, 0.4) is 0 Å². The fourth-order valence-corrected chi connectivity index (χ4v) is 13.6. The van der Waals surface area contributed by atoms with Crippen molar-refractivity contribution in [3.05, 3.63) is 48.6 Å². The van der Waals surface area contributed by atoms with Crippen LogP contribution >= 0.6 is 0 Å². The van der Waals surface area contributed by atoms with Gasteiger partial charge in [0.1, 0.15) is 73.2 Å². The Hall–Kier alpha value is -2.25. The van der Waals surface area contributed by atoms with Gasteiger partial charge in [0.05, 0.1) is 38.6 Å². The largest absolute Gasteiger partial charge is 0.394 e. The smallest absolute Gasteiger partial charge is 0.220 e. The molecule has 580 valence electrons. The summed E-state index contributed by atoms with van der Waals surface area (Å²) in [4.78, 5) is 13.5. The van der Waals surface area contributed by atoms with Gasteiger partial charge in [-0.15, -0.1) is 0 Å². The highest BCUT2D eigenvalue weighted by molar-refractivity contribution is 5.76. The zero-order valence-electron chi connectivity index (χ0n) is 62.0. The number of carbonyl (C=O) groups is 1. The maximum Gasteiger partial charge on any atom is 0.220 e. The lowest BCUT2D eigenvalue weighted by molar-refractivity contribution is -0.379. The Bertz CT molecular complexity index is 1980. The van der Waals surface area contributed by atoms with E-state index in [1.54, 1.807) is 6.08 Å². The third kappa shape index (κ3) is 41.3. The number of hydrogen-bond donors (Lipinski definition) is 12. The van der Waals surface area contributed by atoms with E-state index in [4.69, 9.17) is 28.4 Å². The highest BCUT2D eigenvalue weighted by Crippen LogP contribution is 2.33.